The van der Waals surface area contributed by atoms with E-state index in [0.717, 1.165) is 0 Å². The Kier molecular flexibility index (Phi) is 12.7. The van der Waals surface area contributed by atoms with Gasteiger partial charge in [0.1, 0.15) is 12.1 Å². The standard InChI is InChI=1S/C17H30N4O7S/c1-9(2)6-12(17(27)28)21-16(26)11(7-14(23)24)20-13(22)8-19-15(25)10(18)4-5-29-3/h9-12H,4-8,18H2,1-3H3,(H,19,25)(H,20,22)(H,21,26)(H,23,24)(H,27,28). The van der Waals surface area contributed by atoms with Gasteiger partial charge in [-0.2, -0.15) is 11.8 Å². The lowest BCUT2D eigenvalue weighted by Crippen LogP contribution is -2.54. The molecule has 0 aromatic rings. The fraction of sp³-hybridized carbons (Fsp3) is 0.706. The van der Waals surface area contributed by atoms with Crippen LogP contribution < -0.4 is 21.7 Å². The van der Waals surface area contributed by atoms with Crippen molar-refractivity contribution in [2.24, 2.45) is 11.7 Å². The number of carboxylic acids is 2. The predicted molar refractivity (Wildman–Crippen MR) is 107 cm³/mol. The Morgan fingerprint density at radius 2 is 1.62 bits per heavy atom. The Balaban J connectivity index is 4.86. The fourth-order valence-electron chi connectivity index (χ4n) is 2.27. The lowest BCUT2D eigenvalue weighted by Gasteiger charge is -2.21. The van der Waals surface area contributed by atoms with Crippen molar-refractivity contribution in [3.05, 3.63) is 0 Å². The van der Waals surface area contributed by atoms with E-state index in [-0.39, 0.29) is 12.3 Å². The summed E-state index contributed by atoms with van der Waals surface area (Å²) in [4.78, 5) is 58.4. The number of carbonyl (C=O) groups is 5. The molecule has 7 N–H and O–H groups in total. The Morgan fingerprint density at radius 3 is 2.10 bits per heavy atom. The van der Waals surface area contributed by atoms with Crippen molar-refractivity contribution in [3.63, 3.8) is 0 Å². The molecule has 0 fully saturated rings. The Hall–Kier alpha value is -2.34. The fourth-order valence-corrected chi connectivity index (χ4v) is 2.76. The second-order valence-electron chi connectivity index (χ2n) is 6.85. The van der Waals surface area contributed by atoms with E-state index in [1.54, 1.807) is 13.8 Å². The lowest BCUT2D eigenvalue weighted by molar-refractivity contribution is -0.143. The molecule has 0 aromatic carbocycles. The van der Waals surface area contributed by atoms with E-state index >= 15 is 0 Å². The number of nitrogens with one attached hydrogen (secondary N) is 3. The van der Waals surface area contributed by atoms with E-state index in [2.05, 4.69) is 16.0 Å². The summed E-state index contributed by atoms with van der Waals surface area (Å²) >= 11 is 1.52. The SMILES string of the molecule is CSCCC(N)C(=O)NCC(=O)NC(CC(=O)O)C(=O)NC(CC(C)C)C(=O)O. The molecule has 0 aromatic heterocycles. The first kappa shape index (κ1) is 26.7. The summed E-state index contributed by atoms with van der Waals surface area (Å²) in [7, 11) is 0. The van der Waals surface area contributed by atoms with Gasteiger partial charge in [-0.1, -0.05) is 13.8 Å². The van der Waals surface area contributed by atoms with Crippen LogP contribution in [0.3, 0.4) is 0 Å². The first-order valence-electron chi connectivity index (χ1n) is 9.04. The molecule has 0 saturated heterocycles. The van der Waals surface area contributed by atoms with Crippen molar-refractivity contribution in [1.82, 2.24) is 16.0 Å². The van der Waals surface area contributed by atoms with E-state index in [1.807, 2.05) is 6.26 Å². The van der Waals surface area contributed by atoms with Gasteiger partial charge in [-0.15, -0.1) is 0 Å². The average Bonchev–Trinajstić information content (AvgIpc) is 2.61. The topological polar surface area (TPSA) is 188 Å². The quantitative estimate of drug-likeness (QED) is 0.194. The minimum atomic E-state index is -1.49. The van der Waals surface area contributed by atoms with Crippen molar-refractivity contribution < 1.29 is 34.2 Å². The molecule has 0 spiro atoms. The van der Waals surface area contributed by atoms with Crippen LogP contribution in [0.15, 0.2) is 0 Å². The third kappa shape index (κ3) is 12.0. The van der Waals surface area contributed by atoms with Crippen molar-refractivity contribution in [1.29, 1.82) is 0 Å². The highest BCUT2D eigenvalue weighted by atomic mass is 32.2. The molecule has 0 saturated carbocycles. The van der Waals surface area contributed by atoms with E-state index in [1.165, 1.54) is 11.8 Å². The van der Waals surface area contributed by atoms with Gasteiger partial charge < -0.3 is 31.9 Å². The minimum absolute atomic E-state index is 0.0329. The number of aliphatic carboxylic acids is 2. The summed E-state index contributed by atoms with van der Waals surface area (Å²) in [6, 6.07) is -3.50. The summed E-state index contributed by atoms with van der Waals surface area (Å²) in [6.07, 6.45) is 1.68. The highest BCUT2D eigenvalue weighted by Gasteiger charge is 2.28. The molecule has 0 heterocycles. The molecule has 0 radical (unpaired) electrons. The van der Waals surface area contributed by atoms with Crippen molar-refractivity contribution in [3.8, 4) is 0 Å². The number of hydrogen-bond donors (Lipinski definition) is 6. The van der Waals surface area contributed by atoms with Crippen LogP contribution in [0.25, 0.3) is 0 Å². The first-order chi connectivity index (χ1) is 13.5. The Bertz CT molecular complexity index is 600. The molecule has 0 bridgehead atoms. The van der Waals surface area contributed by atoms with Crippen LogP contribution in [0.4, 0.5) is 0 Å². The van der Waals surface area contributed by atoms with Crippen LogP contribution >= 0.6 is 11.8 Å². The smallest absolute Gasteiger partial charge is 0.326 e. The minimum Gasteiger partial charge on any atom is -0.481 e. The van der Waals surface area contributed by atoms with Gasteiger partial charge in [-0.05, 0) is 30.8 Å². The average molecular weight is 435 g/mol. The Labute approximate surface area is 173 Å². The maximum Gasteiger partial charge on any atom is 0.326 e. The lowest BCUT2D eigenvalue weighted by atomic mass is 10.0. The molecule has 12 heteroatoms. The second-order valence-corrected chi connectivity index (χ2v) is 7.84. The third-order valence-electron chi connectivity index (χ3n) is 3.75. The van der Waals surface area contributed by atoms with Crippen LogP contribution in [-0.4, -0.2) is 76.6 Å². The van der Waals surface area contributed by atoms with Gasteiger partial charge in [0.25, 0.3) is 0 Å². The molecule has 3 unspecified atom stereocenters. The maximum atomic E-state index is 12.3. The zero-order valence-electron chi connectivity index (χ0n) is 16.8. The number of thioether (sulfide) groups is 1. The third-order valence-corrected chi connectivity index (χ3v) is 4.39. The molecule has 29 heavy (non-hydrogen) atoms. The van der Waals surface area contributed by atoms with Crippen LogP contribution in [0.5, 0.6) is 0 Å². The molecule has 0 rings (SSSR count). The van der Waals surface area contributed by atoms with Crippen molar-refractivity contribution in [2.75, 3.05) is 18.6 Å². The molecule has 166 valence electrons. The van der Waals surface area contributed by atoms with Crippen molar-refractivity contribution in [2.45, 2.75) is 51.2 Å². The van der Waals surface area contributed by atoms with Gasteiger partial charge in [0.15, 0.2) is 0 Å². The largest absolute Gasteiger partial charge is 0.481 e. The van der Waals surface area contributed by atoms with Crippen LogP contribution in [0.2, 0.25) is 0 Å². The highest BCUT2D eigenvalue weighted by Crippen LogP contribution is 2.06. The molecule has 0 aliphatic rings. The molecule has 0 aliphatic carbocycles. The first-order valence-corrected chi connectivity index (χ1v) is 10.4. The number of carboxylic acid groups (broad SMARTS) is 2. The van der Waals surface area contributed by atoms with Gasteiger partial charge in [0.2, 0.25) is 17.7 Å². The normalized spacial score (nSPS) is 13.8. The number of rotatable bonds is 14. The molecular formula is C17H30N4O7S. The molecule has 3 amide bonds. The summed E-state index contributed by atoms with van der Waals surface area (Å²) in [6.45, 7) is 3.04. The molecule has 0 aliphatic heterocycles. The maximum absolute atomic E-state index is 12.3. The summed E-state index contributed by atoms with van der Waals surface area (Å²) in [5, 5.41) is 24.9. The van der Waals surface area contributed by atoms with E-state index < -0.39 is 60.8 Å². The zero-order valence-corrected chi connectivity index (χ0v) is 17.6. The second kappa shape index (κ2) is 13.8. The number of hydrogen-bond acceptors (Lipinski definition) is 7. The summed E-state index contributed by atoms with van der Waals surface area (Å²) < 4.78 is 0. The molecular weight excluding hydrogens is 404 g/mol. The van der Waals surface area contributed by atoms with E-state index in [0.29, 0.717) is 12.2 Å². The number of nitrogens with two attached hydrogens (primary N) is 1. The molecule has 11 nitrogen and oxygen atoms in total. The monoisotopic (exact) mass is 434 g/mol. The van der Waals surface area contributed by atoms with Crippen molar-refractivity contribution >= 4 is 41.4 Å². The van der Waals surface area contributed by atoms with Crippen LogP contribution in [0, 0.1) is 5.92 Å². The number of amides is 3. The van der Waals surface area contributed by atoms with E-state index in [9.17, 15) is 29.1 Å². The summed E-state index contributed by atoms with van der Waals surface area (Å²) in [5.41, 5.74) is 5.67. The number of carbonyl (C=O) groups excluding carboxylic acids is 3. The highest BCUT2D eigenvalue weighted by molar-refractivity contribution is 7.98. The summed E-state index contributed by atoms with van der Waals surface area (Å²) in [5.74, 6) is -4.26. The van der Waals surface area contributed by atoms with Crippen LogP contribution in [0.1, 0.15) is 33.1 Å². The van der Waals surface area contributed by atoms with Gasteiger partial charge in [0.05, 0.1) is 19.0 Å². The van der Waals surface area contributed by atoms with E-state index in [4.69, 9.17) is 10.8 Å². The predicted octanol–water partition coefficient (Wildman–Crippen LogP) is -1.24. The van der Waals surface area contributed by atoms with Gasteiger partial charge in [-0.3, -0.25) is 19.2 Å². The van der Waals surface area contributed by atoms with Gasteiger partial charge in [0, 0.05) is 0 Å². The molecule has 3 atom stereocenters. The van der Waals surface area contributed by atoms with Crippen LogP contribution in [-0.2, 0) is 24.0 Å². The van der Waals surface area contributed by atoms with Gasteiger partial charge in [-0.25, -0.2) is 4.79 Å². The Morgan fingerprint density at radius 1 is 1.00 bits per heavy atom. The zero-order chi connectivity index (χ0) is 22.6. The van der Waals surface area contributed by atoms with Gasteiger partial charge >= 0.3 is 11.9 Å².